The van der Waals surface area contributed by atoms with Crippen LogP contribution in [0.2, 0.25) is 0 Å². The number of nitrogens with zero attached hydrogens (tertiary/aromatic N) is 6. The van der Waals surface area contributed by atoms with Crippen molar-refractivity contribution in [3.8, 4) is 22.6 Å². The number of carbonyl (C=O) groups excluding carboxylic acids is 1. The van der Waals surface area contributed by atoms with E-state index in [1.54, 1.807) is 38.2 Å². The fraction of sp³-hybridized carbons (Fsp3) is 0.571. The summed E-state index contributed by atoms with van der Waals surface area (Å²) >= 11 is 0. The van der Waals surface area contributed by atoms with E-state index in [0.717, 1.165) is 105 Å². The van der Waals surface area contributed by atoms with Crippen molar-refractivity contribution in [3.05, 3.63) is 52.7 Å². The van der Waals surface area contributed by atoms with Crippen molar-refractivity contribution in [1.82, 2.24) is 29.2 Å². The Hall–Kier alpha value is -3.67. The van der Waals surface area contributed by atoms with Gasteiger partial charge in [-0.15, -0.1) is 0 Å². The standard InChI is InChI=1S/C35H48N6O5/c1-35(2,3)46-34(43)41-10-8-24(19-41)18-39-20-26(21-39)40-13-11-38(12-14-40)23-30-31(44-5)15-25(16-32(30)45-6)29-22-37(4)33(42)28-17-36-9-7-27(28)29/h7,9,15-17,22,24,26H,8,10-14,18-21,23H2,1-6H3. The summed E-state index contributed by atoms with van der Waals surface area (Å²) in [6, 6.07) is 6.58. The molecule has 3 aromatic rings. The minimum absolute atomic E-state index is 0.0726. The van der Waals surface area contributed by atoms with E-state index in [1.165, 1.54) is 0 Å². The molecule has 248 valence electrons. The van der Waals surface area contributed by atoms with Gasteiger partial charge in [-0.2, -0.15) is 0 Å². The Morgan fingerprint density at radius 2 is 1.65 bits per heavy atom. The predicted octanol–water partition coefficient (Wildman–Crippen LogP) is 3.68. The summed E-state index contributed by atoms with van der Waals surface area (Å²) < 4.78 is 19.0. The Morgan fingerprint density at radius 1 is 0.957 bits per heavy atom. The van der Waals surface area contributed by atoms with E-state index < -0.39 is 5.60 Å². The Balaban J connectivity index is 1.03. The van der Waals surface area contributed by atoms with Crippen molar-refractivity contribution in [2.75, 3.05) is 73.1 Å². The van der Waals surface area contributed by atoms with E-state index in [9.17, 15) is 9.59 Å². The molecule has 11 nitrogen and oxygen atoms in total. The van der Waals surface area contributed by atoms with Crippen molar-refractivity contribution in [3.63, 3.8) is 0 Å². The number of hydrogen-bond donors (Lipinski definition) is 0. The summed E-state index contributed by atoms with van der Waals surface area (Å²) in [7, 11) is 5.16. The van der Waals surface area contributed by atoms with E-state index >= 15 is 0 Å². The Morgan fingerprint density at radius 3 is 2.30 bits per heavy atom. The van der Waals surface area contributed by atoms with Crippen molar-refractivity contribution < 1.29 is 19.0 Å². The highest BCUT2D eigenvalue weighted by Crippen LogP contribution is 2.38. The van der Waals surface area contributed by atoms with Crippen LogP contribution in [0.3, 0.4) is 0 Å². The third kappa shape index (κ3) is 6.86. The van der Waals surface area contributed by atoms with Gasteiger partial charge < -0.3 is 23.7 Å². The number of amides is 1. The van der Waals surface area contributed by atoms with Crippen LogP contribution >= 0.6 is 0 Å². The zero-order chi connectivity index (χ0) is 32.6. The molecule has 5 heterocycles. The summed E-state index contributed by atoms with van der Waals surface area (Å²) in [5.41, 5.74) is 2.37. The monoisotopic (exact) mass is 632 g/mol. The van der Waals surface area contributed by atoms with E-state index in [2.05, 4.69) is 19.7 Å². The molecule has 3 aliphatic heterocycles. The number of pyridine rings is 2. The van der Waals surface area contributed by atoms with Gasteiger partial charge in [0.1, 0.15) is 17.1 Å². The molecular weight excluding hydrogens is 584 g/mol. The first-order valence-electron chi connectivity index (χ1n) is 16.4. The highest BCUT2D eigenvalue weighted by Gasteiger charge is 2.37. The molecule has 6 rings (SSSR count). The first kappa shape index (κ1) is 32.3. The minimum Gasteiger partial charge on any atom is -0.496 e. The summed E-state index contributed by atoms with van der Waals surface area (Å²) in [6.07, 6.45) is 6.07. The number of aromatic nitrogens is 2. The van der Waals surface area contributed by atoms with E-state index in [0.29, 0.717) is 17.3 Å². The van der Waals surface area contributed by atoms with E-state index in [-0.39, 0.29) is 11.7 Å². The highest BCUT2D eigenvalue weighted by atomic mass is 16.6. The van der Waals surface area contributed by atoms with Crippen molar-refractivity contribution in [1.29, 1.82) is 0 Å². The Kier molecular flexibility index (Phi) is 9.27. The molecule has 1 aromatic carbocycles. The smallest absolute Gasteiger partial charge is 0.410 e. The summed E-state index contributed by atoms with van der Waals surface area (Å²) in [4.78, 5) is 38.9. The fourth-order valence-corrected chi connectivity index (χ4v) is 7.11. The van der Waals surface area contributed by atoms with Crippen LogP contribution in [0.15, 0.2) is 41.6 Å². The lowest BCUT2D eigenvalue weighted by molar-refractivity contribution is -0.00336. The molecule has 0 spiro atoms. The number of rotatable bonds is 8. The van der Waals surface area contributed by atoms with Gasteiger partial charge in [-0.3, -0.25) is 24.5 Å². The molecule has 1 amide bonds. The normalized spacial score (nSPS) is 20.2. The van der Waals surface area contributed by atoms with Gasteiger partial charge in [0.2, 0.25) is 0 Å². The SMILES string of the molecule is COc1cc(-c2cn(C)c(=O)c3cnccc23)cc(OC)c1CN1CCN(C2CN(CC3CCN(C(=O)OC(C)(C)C)C3)C2)CC1. The summed E-state index contributed by atoms with van der Waals surface area (Å²) in [5, 5.41) is 1.44. The first-order chi connectivity index (χ1) is 22.0. The number of likely N-dealkylation sites (tertiary alicyclic amines) is 2. The van der Waals surface area contributed by atoms with Crippen LogP contribution in [0.1, 0.15) is 32.8 Å². The summed E-state index contributed by atoms with van der Waals surface area (Å²) in [5.74, 6) is 2.07. The third-order valence-corrected chi connectivity index (χ3v) is 9.60. The van der Waals surface area contributed by atoms with Gasteiger partial charge in [-0.05, 0) is 62.3 Å². The van der Waals surface area contributed by atoms with Crippen LogP contribution in [0.4, 0.5) is 4.79 Å². The largest absolute Gasteiger partial charge is 0.496 e. The maximum Gasteiger partial charge on any atom is 0.410 e. The molecular formula is C35H48N6O5. The number of aryl methyl sites for hydroxylation is 1. The lowest BCUT2D eigenvalue weighted by Gasteiger charge is -2.49. The zero-order valence-corrected chi connectivity index (χ0v) is 28.1. The maximum atomic E-state index is 12.7. The van der Waals surface area contributed by atoms with Crippen LogP contribution in [-0.4, -0.2) is 120 Å². The number of hydrogen-bond acceptors (Lipinski definition) is 9. The number of methoxy groups -OCH3 is 2. The average Bonchev–Trinajstić information content (AvgIpc) is 3.49. The molecule has 0 saturated carbocycles. The number of fused-ring (bicyclic) bond motifs is 1. The van der Waals surface area contributed by atoms with Crippen molar-refractivity contribution in [2.24, 2.45) is 13.0 Å². The van der Waals surface area contributed by atoms with Gasteiger partial charge in [0, 0.05) is 103 Å². The molecule has 3 aliphatic rings. The average molecular weight is 633 g/mol. The fourth-order valence-electron chi connectivity index (χ4n) is 7.11. The zero-order valence-electron chi connectivity index (χ0n) is 28.1. The van der Waals surface area contributed by atoms with Gasteiger partial charge in [0.15, 0.2) is 0 Å². The Bertz CT molecular complexity index is 1590. The lowest BCUT2D eigenvalue weighted by Crippen LogP contribution is -2.63. The second kappa shape index (κ2) is 13.2. The number of benzene rings is 1. The van der Waals surface area contributed by atoms with Gasteiger partial charge in [0.25, 0.3) is 5.56 Å². The topological polar surface area (TPSA) is 92.6 Å². The molecule has 1 unspecified atom stereocenters. The number of ether oxygens (including phenoxy) is 3. The molecule has 2 aromatic heterocycles. The van der Waals surface area contributed by atoms with Gasteiger partial charge in [0.05, 0.1) is 25.2 Å². The number of piperazine rings is 1. The maximum absolute atomic E-state index is 12.7. The second-order valence-electron chi connectivity index (χ2n) is 14.0. The minimum atomic E-state index is -0.452. The highest BCUT2D eigenvalue weighted by molar-refractivity contribution is 5.95. The van der Waals surface area contributed by atoms with Crippen LogP contribution < -0.4 is 15.0 Å². The van der Waals surface area contributed by atoms with Gasteiger partial charge >= 0.3 is 6.09 Å². The van der Waals surface area contributed by atoms with E-state index in [1.807, 2.05) is 50.1 Å². The van der Waals surface area contributed by atoms with Crippen LogP contribution in [0.25, 0.3) is 21.9 Å². The second-order valence-corrected chi connectivity index (χ2v) is 14.0. The van der Waals surface area contributed by atoms with Crippen LogP contribution in [0.5, 0.6) is 11.5 Å². The lowest BCUT2D eigenvalue weighted by atomic mass is 9.98. The molecule has 0 aliphatic carbocycles. The first-order valence-corrected chi connectivity index (χ1v) is 16.4. The van der Waals surface area contributed by atoms with Crippen molar-refractivity contribution in [2.45, 2.75) is 45.4 Å². The molecule has 0 N–H and O–H groups in total. The quantitative estimate of drug-likeness (QED) is 0.369. The Labute approximate surface area is 271 Å². The summed E-state index contributed by atoms with van der Waals surface area (Å²) in [6.45, 7) is 15.4. The molecule has 3 fully saturated rings. The molecule has 3 saturated heterocycles. The van der Waals surface area contributed by atoms with Gasteiger partial charge in [-0.25, -0.2) is 4.79 Å². The van der Waals surface area contributed by atoms with Crippen molar-refractivity contribution >= 4 is 16.9 Å². The van der Waals surface area contributed by atoms with Crippen LogP contribution in [0, 0.1) is 5.92 Å². The van der Waals surface area contributed by atoms with E-state index in [4.69, 9.17) is 14.2 Å². The molecule has 46 heavy (non-hydrogen) atoms. The molecule has 0 bridgehead atoms. The third-order valence-electron chi connectivity index (χ3n) is 9.60. The number of carbonyl (C=O) groups is 1. The van der Waals surface area contributed by atoms with Crippen LogP contribution in [-0.2, 0) is 18.3 Å². The molecule has 0 radical (unpaired) electrons. The molecule has 11 heteroatoms. The molecule has 1 atom stereocenters. The predicted molar refractivity (Wildman–Crippen MR) is 179 cm³/mol. The van der Waals surface area contributed by atoms with Gasteiger partial charge in [-0.1, -0.05) is 0 Å².